The van der Waals surface area contributed by atoms with Crippen LogP contribution >= 0.6 is 0 Å². The maximum Gasteiger partial charge on any atom is 0.243 e. The predicted molar refractivity (Wildman–Crippen MR) is 111 cm³/mol. The van der Waals surface area contributed by atoms with Crippen LogP contribution in [0, 0.1) is 6.92 Å². The summed E-state index contributed by atoms with van der Waals surface area (Å²) < 4.78 is 43.8. The van der Waals surface area contributed by atoms with Gasteiger partial charge in [-0.1, -0.05) is 12.1 Å². The van der Waals surface area contributed by atoms with E-state index in [0.717, 1.165) is 25.4 Å². The van der Waals surface area contributed by atoms with E-state index in [2.05, 4.69) is 0 Å². The van der Waals surface area contributed by atoms with Gasteiger partial charge < -0.3 is 19.1 Å². The molecule has 1 aliphatic heterocycles. The molecule has 0 aliphatic carbocycles. The van der Waals surface area contributed by atoms with Gasteiger partial charge in [-0.25, -0.2) is 8.42 Å². The van der Waals surface area contributed by atoms with Crippen molar-refractivity contribution >= 4 is 10.0 Å². The van der Waals surface area contributed by atoms with Gasteiger partial charge in [-0.2, -0.15) is 4.31 Å². The molecule has 0 unspecified atom stereocenters. The van der Waals surface area contributed by atoms with Crippen LogP contribution in [0.25, 0.3) is 0 Å². The van der Waals surface area contributed by atoms with Crippen LogP contribution in [0.3, 0.4) is 0 Å². The lowest BCUT2D eigenvalue weighted by Gasteiger charge is -2.31. The number of benzene rings is 2. The standard InChI is InChI=1S/C21H28N2O5S/c1-17-5-4-6-18(15-17)28-14-13-22-9-11-23(12-10-22)29(24,25)19-7-8-20(26-2)21(16-19)27-3/h4-8,15-16H,9-14H2,1-3H3/p+1. The summed E-state index contributed by atoms with van der Waals surface area (Å²) in [6, 6.07) is 12.7. The zero-order chi connectivity index (χ0) is 20.9. The smallest absolute Gasteiger partial charge is 0.243 e. The molecule has 0 aromatic heterocycles. The Morgan fingerprint density at radius 2 is 1.72 bits per heavy atom. The fraction of sp³-hybridized carbons (Fsp3) is 0.429. The first-order chi connectivity index (χ1) is 13.9. The average molecular weight is 422 g/mol. The van der Waals surface area contributed by atoms with Gasteiger partial charge in [-0.05, 0) is 36.8 Å². The molecule has 0 radical (unpaired) electrons. The molecule has 1 fully saturated rings. The Balaban J connectivity index is 1.54. The number of rotatable bonds is 8. The molecule has 0 amide bonds. The van der Waals surface area contributed by atoms with Gasteiger partial charge in [0, 0.05) is 6.07 Å². The third kappa shape index (κ3) is 5.20. The third-order valence-corrected chi connectivity index (χ3v) is 7.03. The summed E-state index contributed by atoms with van der Waals surface area (Å²) in [5.41, 5.74) is 1.17. The Kier molecular flexibility index (Phi) is 7.00. The van der Waals surface area contributed by atoms with Crippen LogP contribution in [0.15, 0.2) is 47.4 Å². The molecule has 29 heavy (non-hydrogen) atoms. The van der Waals surface area contributed by atoms with E-state index in [1.165, 1.54) is 30.7 Å². The average Bonchev–Trinajstić information content (AvgIpc) is 2.73. The molecular formula is C21H29N2O5S+. The Morgan fingerprint density at radius 3 is 2.38 bits per heavy atom. The molecule has 1 aliphatic rings. The van der Waals surface area contributed by atoms with Gasteiger partial charge in [0.2, 0.25) is 10.0 Å². The number of ether oxygens (including phenoxy) is 3. The largest absolute Gasteiger partial charge is 0.493 e. The molecule has 3 rings (SSSR count). The molecule has 158 valence electrons. The summed E-state index contributed by atoms with van der Waals surface area (Å²) in [5, 5.41) is 0. The van der Waals surface area contributed by atoms with E-state index in [-0.39, 0.29) is 4.90 Å². The highest BCUT2D eigenvalue weighted by Crippen LogP contribution is 2.30. The minimum absolute atomic E-state index is 0.224. The summed E-state index contributed by atoms with van der Waals surface area (Å²) in [7, 11) is -0.538. The second-order valence-electron chi connectivity index (χ2n) is 7.09. The second kappa shape index (κ2) is 9.47. The van der Waals surface area contributed by atoms with Crippen LogP contribution in [0.2, 0.25) is 0 Å². The van der Waals surface area contributed by atoms with Crippen molar-refractivity contribution in [2.45, 2.75) is 11.8 Å². The number of nitrogens with zero attached hydrogens (tertiary/aromatic N) is 1. The number of piperazine rings is 1. The predicted octanol–water partition coefficient (Wildman–Crippen LogP) is 0.980. The van der Waals surface area contributed by atoms with Gasteiger partial charge in [-0.3, -0.25) is 0 Å². The van der Waals surface area contributed by atoms with Crippen molar-refractivity contribution in [3.8, 4) is 17.2 Å². The van der Waals surface area contributed by atoms with Crippen LogP contribution in [-0.4, -0.2) is 66.3 Å². The number of quaternary nitrogens is 1. The number of hydrogen-bond donors (Lipinski definition) is 1. The fourth-order valence-electron chi connectivity index (χ4n) is 3.44. The van der Waals surface area contributed by atoms with E-state index in [9.17, 15) is 8.42 Å². The summed E-state index contributed by atoms with van der Waals surface area (Å²) in [4.78, 5) is 1.57. The van der Waals surface area contributed by atoms with Crippen molar-refractivity contribution in [2.24, 2.45) is 0 Å². The Morgan fingerprint density at radius 1 is 1.00 bits per heavy atom. The minimum atomic E-state index is -3.56. The number of aryl methyl sites for hydroxylation is 1. The maximum absolute atomic E-state index is 13.0. The van der Waals surface area contributed by atoms with Crippen molar-refractivity contribution in [2.75, 3.05) is 53.6 Å². The molecule has 7 nitrogen and oxygen atoms in total. The highest BCUT2D eigenvalue weighted by atomic mass is 32.2. The fourth-order valence-corrected chi connectivity index (χ4v) is 4.89. The van der Waals surface area contributed by atoms with E-state index < -0.39 is 10.0 Å². The van der Waals surface area contributed by atoms with E-state index >= 15 is 0 Å². The molecule has 1 saturated heterocycles. The first kappa shape index (κ1) is 21.4. The first-order valence-corrected chi connectivity index (χ1v) is 11.1. The zero-order valence-electron chi connectivity index (χ0n) is 17.2. The Hall–Kier alpha value is -2.29. The molecule has 0 saturated carbocycles. The Labute approximate surface area is 172 Å². The van der Waals surface area contributed by atoms with Crippen LogP contribution in [0.1, 0.15) is 5.56 Å². The van der Waals surface area contributed by atoms with E-state index in [4.69, 9.17) is 14.2 Å². The van der Waals surface area contributed by atoms with Crippen molar-refractivity contribution in [1.29, 1.82) is 0 Å². The molecular weight excluding hydrogens is 392 g/mol. The summed E-state index contributed by atoms with van der Waals surface area (Å²) in [5.74, 6) is 1.79. The van der Waals surface area contributed by atoms with Gasteiger partial charge in [0.1, 0.15) is 18.9 Å². The highest BCUT2D eigenvalue weighted by molar-refractivity contribution is 7.89. The zero-order valence-corrected chi connectivity index (χ0v) is 18.0. The van der Waals surface area contributed by atoms with E-state index in [1.54, 1.807) is 16.4 Å². The van der Waals surface area contributed by atoms with Crippen LogP contribution in [0.5, 0.6) is 17.2 Å². The SMILES string of the molecule is COc1ccc(S(=O)(=O)N2CC[NH+](CCOc3cccc(C)c3)CC2)cc1OC. The van der Waals surface area contributed by atoms with Crippen molar-refractivity contribution in [3.63, 3.8) is 0 Å². The molecule has 2 aromatic carbocycles. The molecule has 1 heterocycles. The molecule has 2 aromatic rings. The van der Waals surface area contributed by atoms with E-state index in [1.807, 2.05) is 31.2 Å². The van der Waals surface area contributed by atoms with Crippen molar-refractivity contribution in [3.05, 3.63) is 48.0 Å². The summed E-state index contributed by atoms with van der Waals surface area (Å²) >= 11 is 0. The van der Waals surface area contributed by atoms with Crippen molar-refractivity contribution < 1.29 is 27.5 Å². The monoisotopic (exact) mass is 421 g/mol. The third-order valence-electron chi connectivity index (χ3n) is 5.14. The number of methoxy groups -OCH3 is 2. The quantitative estimate of drug-likeness (QED) is 0.688. The van der Waals surface area contributed by atoms with Gasteiger partial charge in [0.15, 0.2) is 11.5 Å². The van der Waals surface area contributed by atoms with Crippen LogP contribution < -0.4 is 19.1 Å². The Bertz CT molecular complexity index is 924. The van der Waals surface area contributed by atoms with Crippen LogP contribution in [-0.2, 0) is 10.0 Å². The normalized spacial score (nSPS) is 15.8. The first-order valence-electron chi connectivity index (χ1n) is 9.69. The highest BCUT2D eigenvalue weighted by Gasteiger charge is 2.31. The lowest BCUT2D eigenvalue weighted by molar-refractivity contribution is -0.903. The van der Waals surface area contributed by atoms with Gasteiger partial charge in [0.25, 0.3) is 0 Å². The van der Waals surface area contributed by atoms with E-state index in [0.29, 0.717) is 31.2 Å². The molecule has 0 bridgehead atoms. The molecule has 8 heteroatoms. The number of sulfonamides is 1. The van der Waals surface area contributed by atoms with Crippen LogP contribution in [0.4, 0.5) is 0 Å². The minimum Gasteiger partial charge on any atom is -0.493 e. The summed E-state index contributed by atoms with van der Waals surface area (Å²) in [6.45, 7) is 5.97. The molecule has 1 N–H and O–H groups in total. The lowest BCUT2D eigenvalue weighted by Crippen LogP contribution is -3.15. The lowest BCUT2D eigenvalue weighted by atomic mass is 10.2. The second-order valence-corrected chi connectivity index (χ2v) is 9.02. The topological polar surface area (TPSA) is 69.5 Å². The van der Waals surface area contributed by atoms with Gasteiger partial charge in [0.05, 0.1) is 45.3 Å². The number of nitrogens with one attached hydrogen (secondary N) is 1. The summed E-state index contributed by atoms with van der Waals surface area (Å²) in [6.07, 6.45) is 0. The maximum atomic E-state index is 13.0. The molecule has 0 atom stereocenters. The van der Waals surface area contributed by atoms with Gasteiger partial charge in [-0.15, -0.1) is 0 Å². The van der Waals surface area contributed by atoms with Crippen molar-refractivity contribution in [1.82, 2.24) is 4.31 Å². The van der Waals surface area contributed by atoms with Gasteiger partial charge >= 0.3 is 0 Å². The number of hydrogen-bond acceptors (Lipinski definition) is 5. The molecule has 0 spiro atoms.